The molecule has 0 aromatic heterocycles. The predicted molar refractivity (Wildman–Crippen MR) is 91.1 cm³/mol. The van der Waals surface area contributed by atoms with Gasteiger partial charge in [-0.25, -0.2) is 18.4 Å². The zero-order chi connectivity index (χ0) is 18.9. The molecule has 26 heavy (non-hydrogen) atoms. The zero-order valence-corrected chi connectivity index (χ0v) is 15.1. The topological polar surface area (TPSA) is 114 Å². The molecule has 0 saturated carbocycles. The summed E-state index contributed by atoms with van der Waals surface area (Å²) in [7, 11) is -2.76. The van der Waals surface area contributed by atoms with Crippen LogP contribution in [0.2, 0.25) is 5.02 Å². The van der Waals surface area contributed by atoms with Gasteiger partial charge in [-0.3, -0.25) is 0 Å². The molecule has 0 unspecified atom stereocenters. The van der Waals surface area contributed by atoms with Gasteiger partial charge in [0.25, 0.3) is 0 Å². The molecule has 1 heterocycles. The average molecular weight is 400 g/mol. The Bertz CT molecular complexity index is 975. The van der Waals surface area contributed by atoms with Crippen LogP contribution in [0.5, 0.6) is 17.2 Å². The van der Waals surface area contributed by atoms with Gasteiger partial charge >= 0.3 is 5.97 Å². The van der Waals surface area contributed by atoms with E-state index in [1.807, 2.05) is 0 Å². The summed E-state index contributed by atoms with van der Waals surface area (Å²) in [5.41, 5.74) is 0.606. The molecule has 1 aliphatic heterocycles. The molecule has 138 valence electrons. The van der Waals surface area contributed by atoms with E-state index in [0.29, 0.717) is 22.1 Å². The third-order valence-electron chi connectivity index (χ3n) is 3.56. The molecule has 1 aliphatic rings. The number of carbonyl (C=O) groups is 1. The molecule has 0 spiro atoms. The molecular weight excluding hydrogens is 386 g/mol. The highest BCUT2D eigenvalue weighted by Gasteiger charge is 2.21. The van der Waals surface area contributed by atoms with Crippen molar-refractivity contribution >= 4 is 27.6 Å². The van der Waals surface area contributed by atoms with Crippen LogP contribution < -0.4 is 19.3 Å². The van der Waals surface area contributed by atoms with E-state index in [2.05, 4.69) is 0 Å². The van der Waals surface area contributed by atoms with Crippen LogP contribution in [0.25, 0.3) is 0 Å². The number of hydrogen-bond donors (Lipinski definition) is 1. The molecule has 0 atom stereocenters. The van der Waals surface area contributed by atoms with Crippen molar-refractivity contribution in [3.05, 3.63) is 46.5 Å². The van der Waals surface area contributed by atoms with E-state index in [-0.39, 0.29) is 29.6 Å². The van der Waals surface area contributed by atoms with Gasteiger partial charge in [-0.05, 0) is 35.9 Å². The summed E-state index contributed by atoms with van der Waals surface area (Å²) in [6.07, 6.45) is 0. The van der Waals surface area contributed by atoms with Crippen LogP contribution >= 0.6 is 11.6 Å². The molecule has 2 N–H and O–H groups in total. The van der Waals surface area contributed by atoms with Crippen LogP contribution in [0.3, 0.4) is 0 Å². The number of esters is 1. The molecular formula is C16H14ClNO7S. The Kier molecular flexibility index (Phi) is 4.94. The van der Waals surface area contributed by atoms with Crippen molar-refractivity contribution in [3.8, 4) is 17.2 Å². The summed E-state index contributed by atoms with van der Waals surface area (Å²) in [6, 6.07) is 7.04. The van der Waals surface area contributed by atoms with E-state index in [4.69, 9.17) is 35.7 Å². The fraction of sp³-hybridized carbons (Fsp3) is 0.188. The highest BCUT2D eigenvalue weighted by atomic mass is 35.5. The number of methoxy groups -OCH3 is 1. The number of fused-ring (bicyclic) bond motifs is 1. The van der Waals surface area contributed by atoms with Gasteiger partial charge in [0, 0.05) is 0 Å². The van der Waals surface area contributed by atoms with E-state index in [1.54, 1.807) is 12.1 Å². The van der Waals surface area contributed by atoms with Crippen molar-refractivity contribution < 1.29 is 32.2 Å². The van der Waals surface area contributed by atoms with Gasteiger partial charge < -0.3 is 18.9 Å². The smallest absolute Gasteiger partial charge is 0.338 e. The Morgan fingerprint density at radius 3 is 2.73 bits per heavy atom. The average Bonchev–Trinajstić information content (AvgIpc) is 3.07. The van der Waals surface area contributed by atoms with Crippen LogP contribution in [0, 0.1) is 0 Å². The van der Waals surface area contributed by atoms with Crippen LogP contribution in [-0.2, 0) is 21.4 Å². The highest BCUT2D eigenvalue weighted by Crippen LogP contribution is 2.40. The van der Waals surface area contributed by atoms with Gasteiger partial charge in [0.15, 0.2) is 11.5 Å². The van der Waals surface area contributed by atoms with Crippen molar-refractivity contribution in [2.24, 2.45) is 5.14 Å². The molecule has 10 heteroatoms. The number of rotatable bonds is 5. The molecule has 0 saturated heterocycles. The summed E-state index contributed by atoms with van der Waals surface area (Å²) < 4.78 is 43.8. The first-order valence-corrected chi connectivity index (χ1v) is 9.18. The fourth-order valence-electron chi connectivity index (χ4n) is 2.36. The SMILES string of the molecule is COc1ccc(C(=O)OCc2cc(Cl)c3c(c2)OCO3)cc1S(N)(=O)=O. The van der Waals surface area contributed by atoms with E-state index in [0.717, 1.165) is 6.07 Å². The zero-order valence-electron chi connectivity index (χ0n) is 13.5. The lowest BCUT2D eigenvalue weighted by Crippen LogP contribution is -2.15. The van der Waals surface area contributed by atoms with Gasteiger partial charge in [-0.15, -0.1) is 0 Å². The minimum atomic E-state index is -4.06. The lowest BCUT2D eigenvalue weighted by molar-refractivity contribution is 0.0472. The number of ether oxygens (including phenoxy) is 4. The maximum absolute atomic E-state index is 12.2. The number of sulfonamides is 1. The summed E-state index contributed by atoms with van der Waals surface area (Å²) >= 11 is 6.07. The third kappa shape index (κ3) is 3.69. The fourth-order valence-corrected chi connectivity index (χ4v) is 3.37. The van der Waals surface area contributed by atoms with Crippen molar-refractivity contribution in [1.82, 2.24) is 0 Å². The van der Waals surface area contributed by atoms with Crippen LogP contribution in [-0.4, -0.2) is 28.3 Å². The lowest BCUT2D eigenvalue weighted by Gasteiger charge is -2.10. The first kappa shape index (κ1) is 18.3. The normalized spacial score (nSPS) is 12.7. The summed E-state index contributed by atoms with van der Waals surface area (Å²) in [5, 5.41) is 5.48. The predicted octanol–water partition coefficient (Wildman–Crippen LogP) is 2.08. The minimum Gasteiger partial charge on any atom is -0.495 e. The highest BCUT2D eigenvalue weighted by molar-refractivity contribution is 7.89. The summed E-state index contributed by atoms with van der Waals surface area (Å²) in [4.78, 5) is 11.9. The molecule has 0 radical (unpaired) electrons. The van der Waals surface area contributed by atoms with Gasteiger partial charge in [-0.2, -0.15) is 0 Å². The molecule has 3 rings (SSSR count). The van der Waals surface area contributed by atoms with Gasteiger partial charge in [0.05, 0.1) is 17.7 Å². The molecule has 0 fully saturated rings. The first-order chi connectivity index (χ1) is 12.3. The van der Waals surface area contributed by atoms with Gasteiger partial charge in [-0.1, -0.05) is 11.6 Å². The maximum Gasteiger partial charge on any atom is 0.338 e. The quantitative estimate of drug-likeness (QED) is 0.765. The number of primary sulfonamides is 1. The second-order valence-corrected chi connectivity index (χ2v) is 7.24. The van der Waals surface area contributed by atoms with E-state index < -0.39 is 16.0 Å². The Morgan fingerprint density at radius 1 is 1.27 bits per heavy atom. The number of hydrogen-bond acceptors (Lipinski definition) is 7. The van der Waals surface area contributed by atoms with E-state index in [9.17, 15) is 13.2 Å². The second-order valence-electron chi connectivity index (χ2n) is 5.30. The molecule has 0 aliphatic carbocycles. The molecule has 8 nitrogen and oxygen atoms in total. The monoisotopic (exact) mass is 399 g/mol. The van der Waals surface area contributed by atoms with Gasteiger partial charge in [0.2, 0.25) is 16.8 Å². The van der Waals surface area contributed by atoms with Crippen molar-refractivity contribution in [2.75, 3.05) is 13.9 Å². The lowest BCUT2D eigenvalue weighted by atomic mass is 10.2. The standard InChI is InChI=1S/C16H14ClNO7S/c1-22-12-3-2-10(6-14(12)26(18,20)21)16(19)23-7-9-4-11(17)15-13(5-9)24-8-25-15/h2-6H,7-8H2,1H3,(H2,18,20,21). The largest absolute Gasteiger partial charge is 0.495 e. The van der Waals surface area contributed by atoms with Crippen molar-refractivity contribution in [1.29, 1.82) is 0 Å². The second kappa shape index (κ2) is 7.02. The minimum absolute atomic E-state index is 0.0154. The van der Waals surface area contributed by atoms with Crippen molar-refractivity contribution in [3.63, 3.8) is 0 Å². The number of halogens is 1. The molecule has 2 aromatic carbocycles. The Balaban J connectivity index is 1.78. The number of benzene rings is 2. The van der Waals surface area contributed by atoms with Crippen LogP contribution in [0.15, 0.2) is 35.2 Å². The van der Waals surface area contributed by atoms with Crippen molar-refractivity contribution in [2.45, 2.75) is 11.5 Å². The van der Waals surface area contributed by atoms with Gasteiger partial charge in [0.1, 0.15) is 17.3 Å². The first-order valence-electron chi connectivity index (χ1n) is 7.25. The molecule has 0 bridgehead atoms. The number of nitrogens with two attached hydrogens (primary N) is 1. The summed E-state index contributed by atoms with van der Waals surface area (Å²) in [6.45, 7) is -0.0214. The Hall–Kier alpha value is -2.49. The number of carbonyl (C=O) groups excluding carboxylic acids is 1. The van der Waals surface area contributed by atoms with Crippen LogP contribution in [0.4, 0.5) is 0 Å². The van der Waals surface area contributed by atoms with E-state index in [1.165, 1.54) is 19.2 Å². The third-order valence-corrected chi connectivity index (χ3v) is 4.78. The Labute approximate surface area is 154 Å². The maximum atomic E-state index is 12.2. The van der Waals surface area contributed by atoms with E-state index >= 15 is 0 Å². The van der Waals surface area contributed by atoms with Crippen LogP contribution in [0.1, 0.15) is 15.9 Å². The summed E-state index contributed by atoms with van der Waals surface area (Å²) in [5.74, 6) is 0.206. The molecule has 2 aromatic rings. The molecule has 0 amide bonds. The Morgan fingerprint density at radius 2 is 2.04 bits per heavy atom.